The van der Waals surface area contributed by atoms with Gasteiger partial charge in [0.15, 0.2) is 0 Å². The molecule has 0 unspecified atom stereocenters. The Labute approximate surface area is 71.1 Å². The van der Waals surface area contributed by atoms with E-state index in [9.17, 15) is 9.82 Å². The molecule has 0 saturated carbocycles. The molecule has 12 heavy (non-hydrogen) atoms. The number of rotatable bonds is 4. The smallest absolute Gasteiger partial charge is 0.423 e. The van der Waals surface area contributed by atoms with Crippen LogP contribution in [0.2, 0.25) is 0 Å². The number of benzene rings is 1. The fraction of sp³-hybridized carbons (Fsp3) is 0.125. The zero-order valence-corrected chi connectivity index (χ0v) is 6.51. The molecule has 1 aromatic rings. The lowest BCUT2D eigenvalue weighted by Crippen LogP contribution is -2.33. The van der Waals surface area contributed by atoms with Gasteiger partial charge in [-0.05, 0) is 5.46 Å². The molecular weight excluding hydrogens is 155 g/mol. The fourth-order valence-electron chi connectivity index (χ4n) is 0.844. The summed E-state index contributed by atoms with van der Waals surface area (Å²) in [6.45, 7) is -0.0872. The number of hydrogen-bond donors (Lipinski definition) is 1. The van der Waals surface area contributed by atoms with Crippen LogP contribution in [0.4, 0.5) is 0 Å². The minimum atomic E-state index is -1.00. The molecule has 0 saturated heterocycles. The quantitative estimate of drug-likeness (QED) is 0.486. The molecule has 3 nitrogen and oxygen atoms in total. The van der Waals surface area contributed by atoms with Crippen molar-refractivity contribution in [3.63, 3.8) is 0 Å². The van der Waals surface area contributed by atoms with E-state index in [0.29, 0.717) is 11.7 Å². The summed E-state index contributed by atoms with van der Waals surface area (Å²) < 4.78 is 4.76. The molecule has 62 valence electrons. The number of carbonyl (C=O) groups is 1. The minimum absolute atomic E-state index is 0.0872. The number of carbonyl (C=O) groups excluding carboxylic acids is 1. The van der Waals surface area contributed by atoms with E-state index in [1.807, 2.05) is 6.07 Å². The normalized spacial score (nSPS) is 9.42. The molecule has 0 fully saturated rings. The van der Waals surface area contributed by atoms with Crippen LogP contribution in [-0.4, -0.2) is 25.0 Å². The molecule has 0 aliphatic carbocycles. The summed E-state index contributed by atoms with van der Waals surface area (Å²) in [6.07, 6.45) is 0.603. The van der Waals surface area contributed by atoms with E-state index in [1.54, 1.807) is 24.3 Å². The molecule has 0 aromatic heterocycles. The maximum absolute atomic E-state index is 9.90. The van der Waals surface area contributed by atoms with Gasteiger partial charge in [0.25, 0.3) is 0 Å². The van der Waals surface area contributed by atoms with Gasteiger partial charge in [-0.25, -0.2) is 0 Å². The third-order valence-electron chi connectivity index (χ3n) is 1.41. The van der Waals surface area contributed by atoms with Gasteiger partial charge in [-0.1, -0.05) is 30.3 Å². The van der Waals surface area contributed by atoms with Crippen molar-refractivity contribution in [2.75, 3.05) is 6.61 Å². The van der Waals surface area contributed by atoms with E-state index in [0.717, 1.165) is 0 Å². The summed E-state index contributed by atoms with van der Waals surface area (Å²) in [4.78, 5) is 9.90. The summed E-state index contributed by atoms with van der Waals surface area (Å²) in [7, 11) is -1.00. The first-order chi connectivity index (χ1) is 5.84. The van der Waals surface area contributed by atoms with Gasteiger partial charge in [0.1, 0.15) is 6.29 Å². The van der Waals surface area contributed by atoms with Crippen LogP contribution >= 0.6 is 0 Å². The molecule has 0 radical (unpaired) electrons. The maximum Gasteiger partial charge on any atom is 0.491 e. The first-order valence-corrected chi connectivity index (χ1v) is 3.63. The van der Waals surface area contributed by atoms with Gasteiger partial charge in [-0.15, -0.1) is 0 Å². The Morgan fingerprint density at radius 3 is 2.67 bits per heavy atom. The third kappa shape index (κ3) is 2.49. The van der Waals surface area contributed by atoms with Crippen LogP contribution in [0.25, 0.3) is 0 Å². The van der Waals surface area contributed by atoms with Crippen LogP contribution in [0.1, 0.15) is 0 Å². The highest BCUT2D eigenvalue weighted by Crippen LogP contribution is 1.86. The van der Waals surface area contributed by atoms with E-state index >= 15 is 0 Å². The van der Waals surface area contributed by atoms with Crippen molar-refractivity contribution in [2.24, 2.45) is 0 Å². The fourth-order valence-corrected chi connectivity index (χ4v) is 0.844. The second kappa shape index (κ2) is 4.69. The lowest BCUT2D eigenvalue weighted by molar-refractivity contribution is -0.109. The predicted molar refractivity (Wildman–Crippen MR) is 46.1 cm³/mol. The van der Waals surface area contributed by atoms with Gasteiger partial charge in [-0.3, -0.25) is 0 Å². The van der Waals surface area contributed by atoms with Crippen molar-refractivity contribution < 1.29 is 14.5 Å². The summed E-state index contributed by atoms with van der Waals surface area (Å²) in [5.41, 5.74) is 0.652. The van der Waals surface area contributed by atoms with Crippen molar-refractivity contribution in [2.45, 2.75) is 0 Å². The minimum Gasteiger partial charge on any atom is -0.423 e. The molecule has 0 spiro atoms. The Kier molecular flexibility index (Phi) is 3.51. The van der Waals surface area contributed by atoms with Crippen LogP contribution in [0.5, 0.6) is 0 Å². The molecular formula is C8H9BO3. The van der Waals surface area contributed by atoms with Gasteiger partial charge < -0.3 is 14.5 Å². The Hall–Kier alpha value is -1.13. The van der Waals surface area contributed by atoms with Crippen LogP contribution < -0.4 is 5.46 Å². The van der Waals surface area contributed by atoms with Crippen LogP contribution in [-0.2, 0) is 9.45 Å². The van der Waals surface area contributed by atoms with Crippen molar-refractivity contribution >= 4 is 18.9 Å². The van der Waals surface area contributed by atoms with Crippen molar-refractivity contribution in [1.29, 1.82) is 0 Å². The second-order valence-corrected chi connectivity index (χ2v) is 2.26. The molecule has 0 heterocycles. The van der Waals surface area contributed by atoms with E-state index in [-0.39, 0.29) is 6.61 Å². The zero-order chi connectivity index (χ0) is 8.81. The van der Waals surface area contributed by atoms with Crippen molar-refractivity contribution in [3.8, 4) is 0 Å². The van der Waals surface area contributed by atoms with Crippen molar-refractivity contribution in [3.05, 3.63) is 30.3 Å². The van der Waals surface area contributed by atoms with Gasteiger partial charge in [0, 0.05) is 0 Å². The first kappa shape index (κ1) is 8.97. The molecule has 0 aliphatic heterocycles. The molecule has 1 aromatic carbocycles. The SMILES string of the molecule is O=CCOB(O)c1ccccc1. The summed E-state index contributed by atoms with van der Waals surface area (Å²) in [6, 6.07) is 8.90. The molecule has 1 rings (SSSR count). The lowest BCUT2D eigenvalue weighted by atomic mass is 9.80. The average Bonchev–Trinajstić information content (AvgIpc) is 2.15. The van der Waals surface area contributed by atoms with Crippen LogP contribution in [0, 0.1) is 0 Å². The van der Waals surface area contributed by atoms with Crippen LogP contribution in [0.15, 0.2) is 30.3 Å². The second-order valence-electron chi connectivity index (χ2n) is 2.26. The van der Waals surface area contributed by atoms with E-state index < -0.39 is 7.12 Å². The zero-order valence-electron chi connectivity index (χ0n) is 6.51. The lowest BCUT2D eigenvalue weighted by Gasteiger charge is -2.03. The van der Waals surface area contributed by atoms with Gasteiger partial charge >= 0.3 is 7.12 Å². The third-order valence-corrected chi connectivity index (χ3v) is 1.41. The summed E-state index contributed by atoms with van der Waals surface area (Å²) in [5.74, 6) is 0. The molecule has 0 atom stereocenters. The summed E-state index contributed by atoms with van der Waals surface area (Å²) >= 11 is 0. The van der Waals surface area contributed by atoms with E-state index in [1.165, 1.54) is 0 Å². The summed E-state index contributed by atoms with van der Waals surface area (Å²) in [5, 5.41) is 9.27. The highest BCUT2D eigenvalue weighted by molar-refractivity contribution is 6.60. The number of hydrogen-bond acceptors (Lipinski definition) is 3. The van der Waals surface area contributed by atoms with E-state index in [4.69, 9.17) is 4.65 Å². The predicted octanol–water partition coefficient (Wildman–Crippen LogP) is -0.410. The molecule has 0 bridgehead atoms. The highest BCUT2D eigenvalue weighted by Gasteiger charge is 2.14. The van der Waals surface area contributed by atoms with Gasteiger partial charge in [0.2, 0.25) is 0 Å². The first-order valence-electron chi connectivity index (χ1n) is 3.63. The monoisotopic (exact) mass is 164 g/mol. The molecule has 1 N–H and O–H groups in total. The van der Waals surface area contributed by atoms with E-state index in [2.05, 4.69) is 0 Å². The number of aldehydes is 1. The Morgan fingerprint density at radius 1 is 1.42 bits per heavy atom. The highest BCUT2D eigenvalue weighted by atomic mass is 16.5. The Balaban J connectivity index is 2.53. The standard InChI is InChI=1S/C8H9BO3/c10-6-7-12-9(11)8-4-2-1-3-5-8/h1-6,11H,7H2. The van der Waals surface area contributed by atoms with Crippen molar-refractivity contribution in [1.82, 2.24) is 0 Å². The topological polar surface area (TPSA) is 46.5 Å². The molecule has 0 amide bonds. The maximum atomic E-state index is 9.90. The van der Waals surface area contributed by atoms with Crippen LogP contribution in [0.3, 0.4) is 0 Å². The average molecular weight is 164 g/mol. The molecule has 4 heteroatoms. The largest absolute Gasteiger partial charge is 0.491 e. The van der Waals surface area contributed by atoms with Gasteiger partial charge in [0.05, 0.1) is 6.61 Å². The Morgan fingerprint density at radius 2 is 2.08 bits per heavy atom. The molecule has 0 aliphatic rings. The Bertz CT molecular complexity index is 237. The van der Waals surface area contributed by atoms with Gasteiger partial charge in [-0.2, -0.15) is 0 Å².